The van der Waals surface area contributed by atoms with Crippen LogP contribution in [0.2, 0.25) is 0 Å². The lowest BCUT2D eigenvalue weighted by atomic mass is 9.81. The smallest absolute Gasteiger partial charge is 0.237 e. The van der Waals surface area contributed by atoms with Crippen LogP contribution in [0, 0.1) is 29.5 Å². The lowest BCUT2D eigenvalue weighted by molar-refractivity contribution is -0.123. The molecule has 2 bridgehead atoms. The highest BCUT2D eigenvalue weighted by atomic mass is 19.1. The zero-order chi connectivity index (χ0) is 13.1. The van der Waals surface area contributed by atoms with E-state index in [0.717, 1.165) is 19.3 Å². The number of rotatable bonds is 1. The molecule has 3 aliphatic rings. The molecule has 2 amide bonds. The summed E-state index contributed by atoms with van der Waals surface area (Å²) in [6.45, 7) is 0. The van der Waals surface area contributed by atoms with E-state index in [9.17, 15) is 14.0 Å². The van der Waals surface area contributed by atoms with Gasteiger partial charge in [-0.2, -0.15) is 0 Å². The molecule has 0 unspecified atom stereocenters. The predicted molar refractivity (Wildman–Crippen MR) is 66.7 cm³/mol. The fourth-order valence-electron chi connectivity index (χ4n) is 4.25. The highest BCUT2D eigenvalue weighted by Gasteiger charge is 2.61. The van der Waals surface area contributed by atoms with E-state index in [1.54, 1.807) is 0 Å². The van der Waals surface area contributed by atoms with Crippen LogP contribution in [-0.4, -0.2) is 11.8 Å². The van der Waals surface area contributed by atoms with Crippen LogP contribution < -0.4 is 4.90 Å². The number of halogens is 1. The Morgan fingerprint density at radius 1 is 0.947 bits per heavy atom. The summed E-state index contributed by atoms with van der Waals surface area (Å²) in [6, 6.07) is 5.60. The van der Waals surface area contributed by atoms with E-state index in [0.29, 0.717) is 17.5 Å². The molecule has 2 saturated carbocycles. The van der Waals surface area contributed by atoms with Gasteiger partial charge in [-0.05, 0) is 55.4 Å². The molecular weight excluding hydrogens is 245 g/mol. The molecule has 0 spiro atoms. The number of carbonyl (C=O) groups excluding carboxylic acids is 2. The third-order valence-corrected chi connectivity index (χ3v) is 5.01. The molecule has 3 fully saturated rings. The molecule has 98 valence electrons. The second kappa shape index (κ2) is 3.65. The maximum absolute atomic E-state index is 12.9. The van der Waals surface area contributed by atoms with Crippen molar-refractivity contribution in [3.05, 3.63) is 30.1 Å². The molecule has 4 atom stereocenters. The van der Waals surface area contributed by atoms with E-state index in [1.807, 2.05) is 0 Å². The quantitative estimate of drug-likeness (QED) is 0.726. The fourth-order valence-corrected chi connectivity index (χ4v) is 4.25. The van der Waals surface area contributed by atoms with Gasteiger partial charge in [0, 0.05) is 0 Å². The van der Waals surface area contributed by atoms with E-state index in [1.165, 1.54) is 29.2 Å². The van der Waals surface area contributed by atoms with Gasteiger partial charge in [-0.3, -0.25) is 14.5 Å². The van der Waals surface area contributed by atoms with E-state index in [4.69, 9.17) is 0 Å². The van der Waals surface area contributed by atoms with Crippen LogP contribution in [0.3, 0.4) is 0 Å². The van der Waals surface area contributed by atoms with Gasteiger partial charge in [0.25, 0.3) is 0 Å². The second-order valence-electron chi connectivity index (χ2n) is 5.87. The van der Waals surface area contributed by atoms with Crippen LogP contribution in [0.15, 0.2) is 24.3 Å². The van der Waals surface area contributed by atoms with Gasteiger partial charge in [-0.1, -0.05) is 0 Å². The molecule has 0 radical (unpaired) electrons. The van der Waals surface area contributed by atoms with E-state index < -0.39 is 0 Å². The number of carbonyl (C=O) groups is 2. The van der Waals surface area contributed by atoms with E-state index >= 15 is 0 Å². The van der Waals surface area contributed by atoms with Crippen LogP contribution in [0.5, 0.6) is 0 Å². The topological polar surface area (TPSA) is 37.4 Å². The summed E-state index contributed by atoms with van der Waals surface area (Å²) in [5, 5.41) is 0. The first-order chi connectivity index (χ1) is 9.16. The van der Waals surface area contributed by atoms with Gasteiger partial charge in [0.05, 0.1) is 17.5 Å². The third kappa shape index (κ3) is 1.37. The first-order valence-electron chi connectivity index (χ1n) is 6.80. The minimum atomic E-state index is -0.358. The summed E-state index contributed by atoms with van der Waals surface area (Å²) in [7, 11) is 0. The number of anilines is 1. The van der Waals surface area contributed by atoms with Crippen molar-refractivity contribution in [2.24, 2.45) is 23.7 Å². The summed E-state index contributed by atoms with van der Waals surface area (Å²) in [4.78, 5) is 26.2. The number of hydrogen-bond acceptors (Lipinski definition) is 2. The first-order valence-corrected chi connectivity index (χ1v) is 6.80. The number of amides is 2. The van der Waals surface area contributed by atoms with Crippen molar-refractivity contribution in [3.8, 4) is 0 Å². The zero-order valence-corrected chi connectivity index (χ0v) is 10.4. The van der Waals surface area contributed by atoms with Crippen LogP contribution >= 0.6 is 0 Å². The van der Waals surface area contributed by atoms with Crippen LogP contribution in [0.4, 0.5) is 10.1 Å². The molecule has 3 nitrogen and oxygen atoms in total. The van der Waals surface area contributed by atoms with Gasteiger partial charge in [0.15, 0.2) is 0 Å². The Hall–Kier alpha value is -1.71. The van der Waals surface area contributed by atoms with Gasteiger partial charge < -0.3 is 0 Å². The third-order valence-electron chi connectivity index (χ3n) is 5.01. The highest BCUT2D eigenvalue weighted by Crippen LogP contribution is 2.56. The maximum atomic E-state index is 12.9. The second-order valence-corrected chi connectivity index (χ2v) is 5.87. The van der Waals surface area contributed by atoms with Crippen LogP contribution in [-0.2, 0) is 9.59 Å². The molecule has 2 aliphatic carbocycles. The fraction of sp³-hybridized carbons (Fsp3) is 0.467. The Kier molecular flexibility index (Phi) is 2.14. The summed E-state index contributed by atoms with van der Waals surface area (Å²) < 4.78 is 12.9. The molecular formula is C15H14FNO2. The Bertz CT molecular complexity index is 540. The van der Waals surface area contributed by atoms with Crippen LogP contribution in [0.1, 0.15) is 19.3 Å². The Morgan fingerprint density at radius 2 is 1.47 bits per heavy atom. The number of nitrogens with zero attached hydrogens (tertiary/aromatic N) is 1. The van der Waals surface area contributed by atoms with E-state index in [-0.39, 0.29) is 29.5 Å². The van der Waals surface area contributed by atoms with Crippen molar-refractivity contribution in [2.75, 3.05) is 4.90 Å². The van der Waals surface area contributed by atoms with Crippen molar-refractivity contribution in [1.82, 2.24) is 0 Å². The first kappa shape index (κ1) is 11.1. The van der Waals surface area contributed by atoms with E-state index in [2.05, 4.69) is 0 Å². The monoisotopic (exact) mass is 259 g/mol. The molecule has 1 aromatic carbocycles. The SMILES string of the molecule is O=C1[C@@H]2[C@@H]3CC[C@@H](C3)[C@@H]2C(=O)N1c1ccc(F)cc1. The average Bonchev–Trinajstić information content (AvgIpc) is 3.06. The molecule has 0 N–H and O–H groups in total. The van der Waals surface area contributed by atoms with Crippen molar-refractivity contribution in [3.63, 3.8) is 0 Å². The molecule has 1 aliphatic heterocycles. The predicted octanol–water partition coefficient (Wildman–Crippen LogP) is 2.36. The lowest BCUT2D eigenvalue weighted by Gasteiger charge is -2.19. The summed E-state index contributed by atoms with van der Waals surface area (Å²) >= 11 is 0. The number of fused-ring (bicyclic) bond motifs is 5. The molecule has 19 heavy (non-hydrogen) atoms. The molecule has 1 aromatic rings. The standard InChI is InChI=1S/C15H14FNO2/c16-10-3-5-11(6-4-10)17-14(18)12-8-1-2-9(7-8)13(12)15(17)19/h3-6,8-9,12-13H,1-2,7H2/t8-,9+,12-,13+. The van der Waals surface area contributed by atoms with Crippen LogP contribution in [0.25, 0.3) is 0 Å². The zero-order valence-electron chi connectivity index (χ0n) is 10.4. The minimum Gasteiger partial charge on any atom is -0.274 e. The van der Waals surface area contributed by atoms with Crippen molar-refractivity contribution < 1.29 is 14.0 Å². The summed E-state index contributed by atoms with van der Waals surface area (Å²) in [5.74, 6) is 0.0344. The van der Waals surface area contributed by atoms with Gasteiger partial charge in [0.2, 0.25) is 11.8 Å². The normalized spacial score (nSPS) is 36.2. The summed E-state index contributed by atoms with van der Waals surface area (Å²) in [5.41, 5.74) is 0.505. The molecule has 0 aromatic heterocycles. The number of hydrogen-bond donors (Lipinski definition) is 0. The lowest BCUT2D eigenvalue weighted by Crippen LogP contribution is -2.32. The molecule has 4 rings (SSSR count). The van der Waals surface area contributed by atoms with Crippen molar-refractivity contribution in [2.45, 2.75) is 19.3 Å². The van der Waals surface area contributed by atoms with Gasteiger partial charge >= 0.3 is 0 Å². The molecule has 1 saturated heterocycles. The Morgan fingerprint density at radius 3 is 2.00 bits per heavy atom. The van der Waals surface area contributed by atoms with Gasteiger partial charge in [0.1, 0.15) is 5.82 Å². The number of imide groups is 1. The average molecular weight is 259 g/mol. The maximum Gasteiger partial charge on any atom is 0.237 e. The highest BCUT2D eigenvalue weighted by molar-refractivity contribution is 6.22. The van der Waals surface area contributed by atoms with Gasteiger partial charge in [-0.15, -0.1) is 0 Å². The molecule has 1 heterocycles. The van der Waals surface area contributed by atoms with Gasteiger partial charge in [-0.25, -0.2) is 4.39 Å². The Labute approximate surface area is 110 Å². The molecule has 4 heteroatoms. The van der Waals surface area contributed by atoms with Crippen molar-refractivity contribution >= 4 is 17.5 Å². The Balaban J connectivity index is 1.73. The largest absolute Gasteiger partial charge is 0.274 e. The number of benzene rings is 1. The summed E-state index contributed by atoms with van der Waals surface area (Å²) in [6.07, 6.45) is 3.17. The van der Waals surface area contributed by atoms with Crippen molar-refractivity contribution in [1.29, 1.82) is 0 Å². The minimum absolute atomic E-state index is 0.0752.